The topological polar surface area (TPSA) is 153 Å². The largest absolute Gasteiger partial charge is 0.490 e. The first-order valence-electron chi connectivity index (χ1n) is 16.7. The molecule has 13 heteroatoms. The van der Waals surface area contributed by atoms with Gasteiger partial charge in [0.2, 0.25) is 0 Å². The summed E-state index contributed by atoms with van der Waals surface area (Å²) in [7, 11) is -2.53. The number of anilines is 2. The van der Waals surface area contributed by atoms with Gasteiger partial charge in [0.05, 0.1) is 41.7 Å². The summed E-state index contributed by atoms with van der Waals surface area (Å²) >= 11 is 0. The molecular weight excluding hydrogens is 659 g/mol. The molecule has 3 aromatic carbocycles. The number of hydrazine groups is 1. The van der Waals surface area contributed by atoms with Crippen molar-refractivity contribution in [1.29, 1.82) is 0 Å². The fraction of sp³-hybridized carbons (Fsp3) is 0.378. The quantitative estimate of drug-likeness (QED) is 0.122. The van der Waals surface area contributed by atoms with Crippen LogP contribution in [0.25, 0.3) is 10.8 Å². The zero-order chi connectivity index (χ0) is 36.2. The Morgan fingerprint density at radius 1 is 1.02 bits per heavy atom. The number of aromatic nitrogens is 1. The van der Waals surface area contributed by atoms with Gasteiger partial charge in [-0.1, -0.05) is 12.1 Å². The highest BCUT2D eigenvalue weighted by molar-refractivity contribution is 7.92. The van der Waals surface area contributed by atoms with Crippen LogP contribution in [0.3, 0.4) is 0 Å². The maximum atomic E-state index is 15.0. The number of likely N-dealkylation sites (tertiary alicyclic amines) is 1. The molecule has 5 rings (SSSR count). The van der Waals surface area contributed by atoms with Crippen LogP contribution < -0.4 is 25.6 Å². The predicted molar refractivity (Wildman–Crippen MR) is 193 cm³/mol. The molecule has 2 amide bonds. The number of fused-ring (bicyclic) bond motifs is 1. The van der Waals surface area contributed by atoms with Crippen molar-refractivity contribution in [3.8, 4) is 11.5 Å². The van der Waals surface area contributed by atoms with E-state index < -0.39 is 33.3 Å². The van der Waals surface area contributed by atoms with Gasteiger partial charge in [-0.3, -0.25) is 20.1 Å². The van der Waals surface area contributed by atoms with Gasteiger partial charge in [-0.25, -0.2) is 19.1 Å². The fourth-order valence-electron chi connectivity index (χ4n) is 6.20. The Morgan fingerprint density at radius 2 is 1.80 bits per heavy atom. The van der Waals surface area contributed by atoms with Gasteiger partial charge in [-0.05, 0) is 113 Å². The Kier molecular flexibility index (Phi) is 11.2. The van der Waals surface area contributed by atoms with E-state index in [-0.39, 0.29) is 16.9 Å². The van der Waals surface area contributed by atoms with Gasteiger partial charge in [-0.15, -0.1) is 0 Å². The van der Waals surface area contributed by atoms with Crippen molar-refractivity contribution < 1.29 is 32.2 Å². The Hall–Kier alpha value is -4.88. The van der Waals surface area contributed by atoms with Gasteiger partial charge in [0.15, 0.2) is 21.3 Å². The molecule has 0 bridgehead atoms. The molecule has 1 fully saturated rings. The standard InChI is InChI=1S/C37H45N5O7S/c1-7-48-33-20-26(11-14-32(33)49-23(2)3)35(42(38)29-13-10-27-22-39-17-16-25(27)19-29)36(43)41-18-8-9-31(41)30-21-28(40-37(44)47-6)12-15-34(30)50(45,46)24(4)5/h10-17,19-24,31,35H,7-9,18,38H2,1-6H3,(H,40,44)/t31-,35+/m1/s1. The number of hydrogen-bond donors (Lipinski definition) is 2. The molecule has 3 N–H and O–H groups in total. The van der Waals surface area contributed by atoms with Crippen molar-refractivity contribution in [2.75, 3.05) is 30.6 Å². The lowest BCUT2D eigenvalue weighted by Crippen LogP contribution is -2.46. The van der Waals surface area contributed by atoms with E-state index in [2.05, 4.69) is 10.3 Å². The SMILES string of the molecule is CCOc1cc([C@@H](C(=O)N2CCC[C@@H]2c2cc(NC(=O)OC)ccc2S(=O)(=O)C(C)C)N(N)c2ccc3cnccc3c2)ccc1OC(C)C. The first-order chi connectivity index (χ1) is 23.8. The zero-order valence-corrected chi connectivity index (χ0v) is 30.1. The number of nitrogens with one attached hydrogen (secondary N) is 1. The molecule has 2 heterocycles. The molecule has 12 nitrogen and oxygen atoms in total. The second kappa shape index (κ2) is 15.3. The van der Waals surface area contributed by atoms with E-state index in [1.54, 1.807) is 55.4 Å². The number of carbonyl (C=O) groups excluding carboxylic acids is 2. The number of carbonyl (C=O) groups is 2. The minimum absolute atomic E-state index is 0.103. The van der Waals surface area contributed by atoms with E-state index in [0.29, 0.717) is 60.0 Å². The van der Waals surface area contributed by atoms with Crippen LogP contribution in [0.15, 0.2) is 78.0 Å². The Balaban J connectivity index is 1.64. The Morgan fingerprint density at radius 3 is 2.50 bits per heavy atom. The summed E-state index contributed by atoms with van der Waals surface area (Å²) in [6.07, 6.45) is 3.76. The summed E-state index contributed by atoms with van der Waals surface area (Å²) in [5.74, 6) is 7.61. The van der Waals surface area contributed by atoms with Gasteiger partial charge in [-0.2, -0.15) is 0 Å². The number of hydrogen-bond acceptors (Lipinski definition) is 10. The summed E-state index contributed by atoms with van der Waals surface area (Å²) in [6, 6.07) is 15.8. The summed E-state index contributed by atoms with van der Waals surface area (Å²) in [5, 5.41) is 5.16. The number of nitrogens with two attached hydrogens (primary N) is 1. The average Bonchev–Trinajstić information content (AvgIpc) is 3.59. The molecule has 1 saturated heterocycles. The van der Waals surface area contributed by atoms with E-state index in [4.69, 9.17) is 20.1 Å². The lowest BCUT2D eigenvalue weighted by molar-refractivity contribution is -0.133. The Labute approximate surface area is 293 Å². The highest BCUT2D eigenvalue weighted by Crippen LogP contribution is 2.42. The maximum Gasteiger partial charge on any atom is 0.411 e. The van der Waals surface area contributed by atoms with Crippen LogP contribution in [0.1, 0.15) is 70.7 Å². The van der Waals surface area contributed by atoms with Crippen LogP contribution in [0.5, 0.6) is 11.5 Å². The average molecular weight is 704 g/mol. The molecule has 2 atom stereocenters. The fourth-order valence-corrected chi connectivity index (χ4v) is 7.49. The van der Waals surface area contributed by atoms with Crippen molar-refractivity contribution >= 4 is 44.0 Å². The van der Waals surface area contributed by atoms with Gasteiger partial charge in [0.25, 0.3) is 5.91 Å². The number of sulfone groups is 1. The van der Waals surface area contributed by atoms with Gasteiger partial charge >= 0.3 is 6.09 Å². The normalized spacial score (nSPS) is 15.3. The third kappa shape index (κ3) is 7.63. The van der Waals surface area contributed by atoms with E-state index in [1.807, 2.05) is 45.0 Å². The minimum atomic E-state index is -3.78. The predicted octanol–water partition coefficient (Wildman–Crippen LogP) is 6.57. The number of benzene rings is 3. The lowest BCUT2D eigenvalue weighted by atomic mass is 10.00. The van der Waals surface area contributed by atoms with E-state index >= 15 is 4.79 Å². The summed E-state index contributed by atoms with van der Waals surface area (Å²) in [6.45, 7) is 9.67. The van der Waals surface area contributed by atoms with Crippen molar-refractivity contribution in [1.82, 2.24) is 9.88 Å². The molecule has 0 spiro atoms. The van der Waals surface area contributed by atoms with Crippen molar-refractivity contribution in [2.24, 2.45) is 5.84 Å². The van der Waals surface area contributed by atoms with Gasteiger partial charge in [0, 0.05) is 30.0 Å². The second-order valence-corrected chi connectivity index (χ2v) is 15.1. The molecule has 0 radical (unpaired) electrons. The third-order valence-electron chi connectivity index (χ3n) is 8.64. The first kappa shape index (κ1) is 36.4. The molecule has 0 unspecified atom stereocenters. The summed E-state index contributed by atoms with van der Waals surface area (Å²) < 4.78 is 44.1. The van der Waals surface area contributed by atoms with Gasteiger partial charge in [0.1, 0.15) is 6.04 Å². The number of nitrogens with zero attached hydrogens (tertiary/aromatic N) is 3. The highest BCUT2D eigenvalue weighted by atomic mass is 32.2. The summed E-state index contributed by atoms with van der Waals surface area (Å²) in [5.41, 5.74) is 1.91. The van der Waals surface area contributed by atoms with Crippen molar-refractivity contribution in [3.05, 3.63) is 84.2 Å². The first-order valence-corrected chi connectivity index (χ1v) is 18.2. The number of ether oxygens (including phenoxy) is 3. The minimum Gasteiger partial charge on any atom is -0.490 e. The smallest absolute Gasteiger partial charge is 0.411 e. The van der Waals surface area contributed by atoms with Crippen LogP contribution >= 0.6 is 0 Å². The van der Waals surface area contributed by atoms with Gasteiger partial charge < -0.3 is 19.1 Å². The third-order valence-corrected chi connectivity index (χ3v) is 10.9. The molecule has 1 aliphatic rings. The molecule has 1 aliphatic heterocycles. The molecule has 0 aliphatic carbocycles. The highest BCUT2D eigenvalue weighted by Gasteiger charge is 2.40. The number of methoxy groups -OCH3 is 1. The van der Waals surface area contributed by atoms with Crippen molar-refractivity contribution in [3.63, 3.8) is 0 Å². The van der Waals surface area contributed by atoms with Crippen molar-refractivity contribution in [2.45, 2.75) is 75.8 Å². The molecule has 4 aromatic rings. The molecule has 0 saturated carbocycles. The molecule has 1 aromatic heterocycles. The molecule has 50 heavy (non-hydrogen) atoms. The van der Waals surface area contributed by atoms with Crippen LogP contribution in [0.4, 0.5) is 16.2 Å². The van der Waals surface area contributed by atoms with E-state index in [1.165, 1.54) is 24.3 Å². The Bertz CT molecular complexity index is 1970. The van der Waals surface area contributed by atoms with E-state index in [9.17, 15) is 13.2 Å². The van der Waals surface area contributed by atoms with Crippen LogP contribution in [0.2, 0.25) is 0 Å². The second-order valence-electron chi connectivity index (χ2n) is 12.7. The molecular formula is C37H45N5O7S. The number of amides is 2. The van der Waals surface area contributed by atoms with E-state index in [0.717, 1.165) is 10.8 Å². The van der Waals surface area contributed by atoms with Crippen LogP contribution in [0, 0.1) is 0 Å². The number of rotatable bonds is 12. The summed E-state index contributed by atoms with van der Waals surface area (Å²) in [4.78, 5) is 33.1. The molecule has 266 valence electrons. The monoisotopic (exact) mass is 703 g/mol. The van der Waals surface area contributed by atoms with Crippen LogP contribution in [-0.2, 0) is 19.4 Å². The maximum absolute atomic E-state index is 15.0. The zero-order valence-electron chi connectivity index (χ0n) is 29.3. The van der Waals surface area contributed by atoms with Crippen LogP contribution in [-0.4, -0.2) is 61.9 Å². The number of pyridine rings is 1. The lowest BCUT2D eigenvalue weighted by Gasteiger charge is -2.35.